The Bertz CT molecular complexity index is 752. The molecule has 2 rings (SSSR count). The van der Waals surface area contributed by atoms with Gasteiger partial charge in [0.2, 0.25) is 8.32 Å². The van der Waals surface area contributed by atoms with Crippen molar-refractivity contribution in [1.29, 1.82) is 0 Å². The summed E-state index contributed by atoms with van der Waals surface area (Å²) in [6.45, 7) is 13.8. The Morgan fingerprint density at radius 1 is 1.20 bits per heavy atom. The van der Waals surface area contributed by atoms with Gasteiger partial charge in [-0.2, -0.15) is 0 Å². The van der Waals surface area contributed by atoms with Crippen molar-refractivity contribution in [3.8, 4) is 5.75 Å². The molecule has 0 fully saturated rings. The predicted molar refractivity (Wildman–Crippen MR) is 125 cm³/mol. The Hall–Kier alpha value is -1.31. The van der Waals surface area contributed by atoms with E-state index in [4.69, 9.17) is 18.6 Å². The van der Waals surface area contributed by atoms with Crippen LogP contribution in [-0.4, -0.2) is 34.1 Å². The summed E-state index contributed by atoms with van der Waals surface area (Å²) in [6.07, 6.45) is 0.769. The average molecular weight is 500 g/mol. The van der Waals surface area contributed by atoms with E-state index in [0.29, 0.717) is 19.6 Å². The van der Waals surface area contributed by atoms with Crippen LogP contribution in [0.25, 0.3) is 0 Å². The molecule has 1 aliphatic rings. The lowest BCUT2D eigenvalue weighted by Crippen LogP contribution is -2.40. The highest BCUT2D eigenvalue weighted by Crippen LogP contribution is 2.45. The second-order valence-electron chi connectivity index (χ2n) is 9.15. The summed E-state index contributed by atoms with van der Waals surface area (Å²) < 4.78 is 24.2. The molecule has 0 aromatic heterocycles. The molecular weight excluding hydrogens is 464 g/mol. The molecule has 0 amide bonds. The Labute approximate surface area is 190 Å². The summed E-state index contributed by atoms with van der Waals surface area (Å²) in [6, 6.07) is 7.82. The monoisotopic (exact) mass is 498 g/mol. The van der Waals surface area contributed by atoms with Crippen LogP contribution in [0.4, 0.5) is 0 Å². The molecule has 0 radical (unpaired) electrons. The fraction of sp³-hybridized carbons (Fsp3) is 0.609. The van der Waals surface area contributed by atoms with Crippen molar-refractivity contribution >= 4 is 30.2 Å². The lowest BCUT2D eigenvalue weighted by atomic mass is 10.0. The van der Waals surface area contributed by atoms with Crippen molar-refractivity contribution in [2.45, 2.75) is 71.4 Å². The molecule has 0 heterocycles. The quantitative estimate of drug-likeness (QED) is 0.300. The van der Waals surface area contributed by atoms with E-state index < -0.39 is 8.32 Å². The number of benzene rings is 1. The molecule has 7 heteroatoms. The largest absolute Gasteiger partial charge is 0.546 e. The molecule has 0 bridgehead atoms. The van der Waals surface area contributed by atoms with Gasteiger partial charge in [-0.25, -0.2) is 0 Å². The molecule has 0 aliphatic heterocycles. The molecule has 0 saturated heterocycles. The first-order valence-corrected chi connectivity index (χ1v) is 14.2. The zero-order valence-electron chi connectivity index (χ0n) is 19.2. The van der Waals surface area contributed by atoms with Crippen molar-refractivity contribution in [3.05, 3.63) is 40.1 Å². The summed E-state index contributed by atoms with van der Waals surface area (Å²) in [7, 11) is -0.347. The molecule has 1 aliphatic carbocycles. The lowest BCUT2D eigenvalue weighted by molar-refractivity contribution is -0.145. The molecule has 168 valence electrons. The van der Waals surface area contributed by atoms with Crippen molar-refractivity contribution in [1.82, 2.24) is 0 Å². The van der Waals surface area contributed by atoms with Gasteiger partial charge in [-0.15, -0.1) is 0 Å². The molecule has 2 atom stereocenters. The van der Waals surface area contributed by atoms with Crippen LogP contribution >= 0.6 is 15.9 Å². The second-order valence-corrected chi connectivity index (χ2v) is 14.7. The molecule has 5 nitrogen and oxygen atoms in total. The van der Waals surface area contributed by atoms with Gasteiger partial charge in [0.05, 0.1) is 38.6 Å². The number of methoxy groups -OCH3 is 1. The van der Waals surface area contributed by atoms with Crippen molar-refractivity contribution in [2.75, 3.05) is 13.7 Å². The van der Waals surface area contributed by atoms with E-state index in [9.17, 15) is 4.79 Å². The average Bonchev–Trinajstić information content (AvgIpc) is 2.94. The summed E-state index contributed by atoms with van der Waals surface area (Å²) in [5.74, 6) is 1.40. The van der Waals surface area contributed by atoms with Crippen LogP contribution < -0.4 is 4.74 Å². The third-order valence-corrected chi connectivity index (χ3v) is 11.3. The van der Waals surface area contributed by atoms with Crippen molar-refractivity contribution < 1.29 is 23.4 Å². The van der Waals surface area contributed by atoms with Crippen LogP contribution in [0.15, 0.2) is 34.5 Å². The van der Waals surface area contributed by atoms with Crippen molar-refractivity contribution in [3.63, 3.8) is 0 Å². The SMILES string of the molecule is CCOC(=O)CC1C(Br)=C(O[Si](C)(C)C(C)(C)C)C[C@@H]1OCc1ccc(OC)cc1. The maximum absolute atomic E-state index is 12.2. The number of carbonyl (C=O) groups excluding carboxylic acids is 1. The zero-order chi connectivity index (χ0) is 22.5. The Morgan fingerprint density at radius 3 is 2.37 bits per heavy atom. The highest BCUT2D eigenvalue weighted by molar-refractivity contribution is 9.11. The Balaban J connectivity index is 2.15. The summed E-state index contributed by atoms with van der Waals surface area (Å²) >= 11 is 3.73. The number of esters is 1. The molecule has 0 N–H and O–H groups in total. The number of hydrogen-bond acceptors (Lipinski definition) is 5. The maximum atomic E-state index is 12.2. The van der Waals surface area contributed by atoms with Gasteiger partial charge >= 0.3 is 5.97 Å². The summed E-state index contributed by atoms with van der Waals surface area (Å²) in [4.78, 5) is 12.2. The molecule has 30 heavy (non-hydrogen) atoms. The van der Waals surface area contributed by atoms with Crippen LogP contribution in [0.3, 0.4) is 0 Å². The topological polar surface area (TPSA) is 54.0 Å². The van der Waals surface area contributed by atoms with Gasteiger partial charge in [-0.3, -0.25) is 4.79 Å². The van der Waals surface area contributed by atoms with Gasteiger partial charge in [-0.1, -0.05) is 48.8 Å². The number of rotatable bonds is 9. The Kier molecular flexibility index (Phi) is 8.59. The first-order chi connectivity index (χ1) is 14.0. The van der Waals surface area contributed by atoms with Gasteiger partial charge in [0.15, 0.2) is 0 Å². The minimum absolute atomic E-state index is 0.0892. The van der Waals surface area contributed by atoms with E-state index in [1.807, 2.05) is 31.2 Å². The van der Waals surface area contributed by atoms with Gasteiger partial charge in [0.25, 0.3) is 0 Å². The third kappa shape index (κ3) is 6.34. The molecular formula is C23H35BrO5Si. The van der Waals surface area contributed by atoms with Gasteiger partial charge < -0.3 is 18.6 Å². The van der Waals surface area contributed by atoms with Crippen LogP contribution in [0.2, 0.25) is 18.1 Å². The number of ether oxygens (including phenoxy) is 3. The minimum Gasteiger partial charge on any atom is -0.546 e. The first kappa shape index (κ1) is 25.0. The summed E-state index contributed by atoms with van der Waals surface area (Å²) in [5, 5.41) is 0.0892. The van der Waals surface area contributed by atoms with E-state index in [0.717, 1.165) is 21.6 Å². The van der Waals surface area contributed by atoms with Crippen molar-refractivity contribution in [2.24, 2.45) is 5.92 Å². The first-order valence-electron chi connectivity index (χ1n) is 10.5. The van der Waals surface area contributed by atoms with E-state index >= 15 is 0 Å². The molecule has 1 aromatic carbocycles. The van der Waals surface area contributed by atoms with E-state index in [1.165, 1.54) is 0 Å². The van der Waals surface area contributed by atoms with Gasteiger partial charge in [-0.05, 0) is 42.8 Å². The van der Waals surface area contributed by atoms with Gasteiger partial charge in [0, 0.05) is 16.8 Å². The molecule has 0 spiro atoms. The number of halogens is 1. The van der Waals surface area contributed by atoms with Crippen LogP contribution in [0.5, 0.6) is 5.75 Å². The summed E-state index contributed by atoms with van der Waals surface area (Å²) in [5.41, 5.74) is 1.06. The highest BCUT2D eigenvalue weighted by Gasteiger charge is 2.44. The fourth-order valence-electron chi connectivity index (χ4n) is 3.06. The van der Waals surface area contributed by atoms with Crippen LogP contribution in [-0.2, 0) is 25.3 Å². The number of carbonyl (C=O) groups is 1. The third-order valence-electron chi connectivity index (χ3n) is 5.93. The highest BCUT2D eigenvalue weighted by atomic mass is 79.9. The molecule has 1 unspecified atom stereocenters. The fourth-order valence-corrected chi connectivity index (χ4v) is 5.03. The van der Waals surface area contributed by atoms with Crippen LogP contribution in [0, 0.1) is 5.92 Å². The molecule has 0 saturated carbocycles. The second kappa shape index (κ2) is 10.3. The smallest absolute Gasteiger partial charge is 0.306 e. The van der Waals surface area contributed by atoms with E-state index in [2.05, 4.69) is 49.8 Å². The van der Waals surface area contributed by atoms with E-state index in [-0.39, 0.29) is 29.5 Å². The normalized spacial score (nSPS) is 19.7. The van der Waals surface area contributed by atoms with E-state index in [1.54, 1.807) is 7.11 Å². The Morgan fingerprint density at radius 2 is 1.83 bits per heavy atom. The minimum atomic E-state index is -2.00. The number of hydrogen-bond donors (Lipinski definition) is 0. The standard InChI is InChI=1S/C23H35BrO5Si/c1-8-27-21(25)13-18-19(28-15-16-9-11-17(26-5)12-10-16)14-20(22(18)24)29-30(6,7)23(2,3)4/h9-12,18-19H,8,13-15H2,1-7H3/t18?,19-/m0/s1. The lowest BCUT2D eigenvalue weighted by Gasteiger charge is -2.37. The van der Waals surface area contributed by atoms with Gasteiger partial charge in [0.1, 0.15) is 5.75 Å². The zero-order valence-corrected chi connectivity index (χ0v) is 21.8. The predicted octanol–water partition coefficient (Wildman–Crippen LogP) is 6.18. The molecule has 1 aromatic rings. The maximum Gasteiger partial charge on any atom is 0.306 e. The van der Waals surface area contributed by atoms with Crippen LogP contribution in [0.1, 0.15) is 46.1 Å².